The fraction of sp³-hybridized carbons (Fsp3) is 0.500. The smallest absolute Gasteiger partial charge is 0.250 e. The van der Waals surface area contributed by atoms with Crippen LogP contribution in [-0.2, 0) is 4.79 Å². The molecule has 3 nitrogen and oxygen atoms in total. The summed E-state index contributed by atoms with van der Waals surface area (Å²) in [7, 11) is -0.223. The maximum atomic E-state index is 10.3. The number of allylic oxidation sites excluding steroid dienone is 1. The lowest BCUT2D eigenvalue weighted by Gasteiger charge is -2.36. The van der Waals surface area contributed by atoms with Gasteiger partial charge in [0.2, 0.25) is 0 Å². The molecule has 1 rings (SSSR count). The molecular weight excluding hydrogens is 292 g/mol. The number of aldehydes is 1. The fourth-order valence-electron chi connectivity index (χ4n) is 1.68. The monoisotopic (exact) mass is 320 g/mol. The van der Waals surface area contributed by atoms with E-state index in [4.69, 9.17) is 9.16 Å². The van der Waals surface area contributed by atoms with E-state index in [1.165, 1.54) is 0 Å². The van der Waals surface area contributed by atoms with Crippen LogP contribution in [0.15, 0.2) is 24.3 Å². The first-order valence-corrected chi connectivity index (χ1v) is 10.6. The molecule has 22 heavy (non-hydrogen) atoms. The van der Waals surface area contributed by atoms with Gasteiger partial charge in [-0.1, -0.05) is 39.0 Å². The summed E-state index contributed by atoms with van der Waals surface area (Å²) in [6.45, 7) is 11.1. The van der Waals surface area contributed by atoms with Gasteiger partial charge in [0, 0.05) is 6.42 Å². The third-order valence-corrected chi connectivity index (χ3v) is 8.46. The summed E-state index contributed by atoms with van der Waals surface area (Å²) in [5, 5.41) is 0.144. The molecule has 0 saturated heterocycles. The lowest BCUT2D eigenvalue weighted by Crippen LogP contribution is -2.43. The summed E-state index contributed by atoms with van der Waals surface area (Å²) in [5.74, 6) is 1.56. The average molecular weight is 321 g/mol. The first kappa shape index (κ1) is 18.5. The molecule has 0 aromatic heterocycles. The van der Waals surface area contributed by atoms with E-state index in [0.29, 0.717) is 6.42 Å². The quantitative estimate of drug-likeness (QED) is 0.399. The molecule has 0 aliphatic rings. The van der Waals surface area contributed by atoms with Crippen molar-refractivity contribution in [3.63, 3.8) is 0 Å². The highest BCUT2D eigenvalue weighted by Gasteiger charge is 2.39. The van der Waals surface area contributed by atoms with Crippen LogP contribution >= 0.6 is 0 Å². The van der Waals surface area contributed by atoms with Crippen molar-refractivity contribution in [3.05, 3.63) is 29.8 Å². The van der Waals surface area contributed by atoms with Crippen molar-refractivity contribution in [2.24, 2.45) is 0 Å². The highest BCUT2D eigenvalue weighted by atomic mass is 28.4. The van der Waals surface area contributed by atoms with Gasteiger partial charge in [-0.05, 0) is 42.2 Å². The molecule has 0 spiro atoms. The van der Waals surface area contributed by atoms with E-state index < -0.39 is 8.32 Å². The number of benzene rings is 1. The molecule has 0 amide bonds. The van der Waals surface area contributed by atoms with Gasteiger partial charge in [0.05, 0.1) is 7.11 Å². The molecule has 0 unspecified atom stereocenters. The van der Waals surface area contributed by atoms with E-state index in [0.717, 1.165) is 29.8 Å². The normalized spacial score (nSPS) is 12.5. The molecule has 0 aliphatic heterocycles. The fourth-order valence-corrected chi connectivity index (χ4v) is 2.71. The number of hydrogen-bond donors (Lipinski definition) is 0. The number of rotatable bonds is 7. The maximum Gasteiger partial charge on any atom is 0.250 e. The minimum atomic E-state index is -1.88. The largest absolute Gasteiger partial charge is 0.541 e. The molecule has 122 valence electrons. The highest BCUT2D eigenvalue weighted by Crippen LogP contribution is 2.40. The Labute approximate surface area is 135 Å². The molecule has 0 heterocycles. The standard InChI is InChI=1S/C18H28O3Si/c1-18(2,3)22(5,6)21-16-12-11-15(14-17(16)20-4)10-8-7-9-13-19/h8,10-14H,7,9H2,1-6H3. The molecule has 0 radical (unpaired) electrons. The van der Waals surface area contributed by atoms with E-state index in [1.807, 2.05) is 30.4 Å². The van der Waals surface area contributed by atoms with E-state index in [9.17, 15) is 4.79 Å². The van der Waals surface area contributed by atoms with Crippen LogP contribution < -0.4 is 9.16 Å². The van der Waals surface area contributed by atoms with Gasteiger partial charge in [-0.3, -0.25) is 0 Å². The van der Waals surface area contributed by atoms with Crippen molar-refractivity contribution in [2.45, 2.75) is 51.7 Å². The van der Waals surface area contributed by atoms with Crippen molar-refractivity contribution in [2.75, 3.05) is 7.11 Å². The van der Waals surface area contributed by atoms with Crippen LogP contribution in [0.4, 0.5) is 0 Å². The lowest BCUT2D eigenvalue weighted by atomic mass is 10.1. The number of methoxy groups -OCH3 is 1. The van der Waals surface area contributed by atoms with Crippen molar-refractivity contribution < 1.29 is 14.0 Å². The molecule has 0 fully saturated rings. The number of ether oxygens (including phenoxy) is 1. The van der Waals surface area contributed by atoms with Crippen LogP contribution in [0.2, 0.25) is 18.1 Å². The van der Waals surface area contributed by atoms with Gasteiger partial charge >= 0.3 is 0 Å². The molecule has 0 N–H and O–H groups in total. The van der Waals surface area contributed by atoms with Crippen LogP contribution in [0.5, 0.6) is 11.5 Å². The van der Waals surface area contributed by atoms with Gasteiger partial charge in [0.1, 0.15) is 12.0 Å². The highest BCUT2D eigenvalue weighted by molar-refractivity contribution is 6.74. The van der Waals surface area contributed by atoms with E-state index >= 15 is 0 Å². The second kappa shape index (κ2) is 7.63. The SMILES string of the molecule is COc1cc(C=CCCC=O)ccc1O[Si](C)(C)C(C)(C)C. The third kappa shape index (κ3) is 5.02. The first-order valence-electron chi connectivity index (χ1n) is 7.68. The second-order valence-electron chi connectivity index (χ2n) is 6.92. The Bertz CT molecular complexity index is 528. The van der Waals surface area contributed by atoms with Crippen LogP contribution in [0.3, 0.4) is 0 Å². The van der Waals surface area contributed by atoms with E-state index in [1.54, 1.807) is 7.11 Å². The van der Waals surface area contributed by atoms with Crippen molar-refractivity contribution >= 4 is 20.7 Å². The zero-order valence-electron chi connectivity index (χ0n) is 14.6. The average Bonchev–Trinajstić information content (AvgIpc) is 2.43. The van der Waals surface area contributed by atoms with Gasteiger partial charge in [0.25, 0.3) is 8.32 Å². The summed E-state index contributed by atoms with van der Waals surface area (Å²) in [6, 6.07) is 5.96. The predicted molar refractivity (Wildman–Crippen MR) is 95.2 cm³/mol. The number of carbonyl (C=O) groups excluding carboxylic acids is 1. The van der Waals surface area contributed by atoms with Crippen LogP contribution in [0, 0.1) is 0 Å². The molecule has 1 aromatic carbocycles. The Hall–Kier alpha value is -1.55. The Balaban J connectivity index is 2.94. The van der Waals surface area contributed by atoms with Crippen LogP contribution in [-0.4, -0.2) is 21.7 Å². The minimum absolute atomic E-state index is 0.144. The first-order chi connectivity index (χ1) is 10.2. The third-order valence-electron chi connectivity index (χ3n) is 4.12. The van der Waals surface area contributed by atoms with Crippen molar-refractivity contribution in [3.8, 4) is 11.5 Å². The molecule has 0 saturated carbocycles. The van der Waals surface area contributed by atoms with E-state index in [2.05, 4.69) is 33.9 Å². The zero-order chi connectivity index (χ0) is 16.8. The summed E-state index contributed by atoms with van der Waals surface area (Å²) >= 11 is 0. The Morgan fingerprint density at radius 2 is 1.82 bits per heavy atom. The molecule has 0 aliphatic carbocycles. The van der Waals surface area contributed by atoms with Crippen molar-refractivity contribution in [1.29, 1.82) is 0 Å². The topological polar surface area (TPSA) is 35.5 Å². The maximum absolute atomic E-state index is 10.3. The molecule has 0 atom stereocenters. The van der Waals surface area contributed by atoms with E-state index in [-0.39, 0.29) is 5.04 Å². The molecule has 1 aromatic rings. The lowest BCUT2D eigenvalue weighted by molar-refractivity contribution is -0.107. The number of carbonyl (C=O) groups is 1. The zero-order valence-corrected chi connectivity index (χ0v) is 15.6. The van der Waals surface area contributed by atoms with Gasteiger partial charge < -0.3 is 14.0 Å². The molecular formula is C18H28O3Si. The Morgan fingerprint density at radius 1 is 1.14 bits per heavy atom. The van der Waals surface area contributed by atoms with Gasteiger partial charge in [0.15, 0.2) is 5.75 Å². The number of hydrogen-bond acceptors (Lipinski definition) is 3. The van der Waals surface area contributed by atoms with Gasteiger partial charge in [-0.2, -0.15) is 0 Å². The van der Waals surface area contributed by atoms with Gasteiger partial charge in [-0.15, -0.1) is 0 Å². The minimum Gasteiger partial charge on any atom is -0.541 e. The van der Waals surface area contributed by atoms with Crippen molar-refractivity contribution in [1.82, 2.24) is 0 Å². The van der Waals surface area contributed by atoms with Crippen LogP contribution in [0.25, 0.3) is 6.08 Å². The second-order valence-corrected chi connectivity index (χ2v) is 11.6. The Kier molecular flexibility index (Phi) is 6.42. The summed E-state index contributed by atoms with van der Waals surface area (Å²) in [5.41, 5.74) is 1.05. The summed E-state index contributed by atoms with van der Waals surface area (Å²) in [4.78, 5) is 10.3. The summed E-state index contributed by atoms with van der Waals surface area (Å²) in [6.07, 6.45) is 6.25. The molecule has 0 bridgehead atoms. The predicted octanol–water partition coefficient (Wildman–Crippen LogP) is 5.07. The Morgan fingerprint density at radius 3 is 2.36 bits per heavy atom. The molecule has 4 heteroatoms. The van der Waals surface area contributed by atoms with Crippen LogP contribution in [0.1, 0.15) is 39.2 Å². The number of unbranched alkanes of at least 4 members (excludes halogenated alkanes) is 1. The van der Waals surface area contributed by atoms with Gasteiger partial charge in [-0.25, -0.2) is 0 Å². The summed E-state index contributed by atoms with van der Waals surface area (Å²) < 4.78 is 11.8.